The van der Waals surface area contributed by atoms with Gasteiger partial charge in [-0.2, -0.15) is 11.3 Å². The van der Waals surface area contributed by atoms with Crippen molar-refractivity contribution in [2.24, 2.45) is 11.7 Å². The molecule has 0 spiro atoms. The first-order chi connectivity index (χ1) is 12.9. The predicted molar refractivity (Wildman–Crippen MR) is 117 cm³/mol. The number of rotatable bonds is 7. The molecule has 4 N–H and O–H groups in total. The van der Waals surface area contributed by atoms with Gasteiger partial charge in [0.1, 0.15) is 0 Å². The Morgan fingerprint density at radius 3 is 2.86 bits per heavy atom. The minimum atomic E-state index is -0.531. The number of piperidine rings is 1. The van der Waals surface area contributed by atoms with Crippen LogP contribution in [0, 0.1) is 5.92 Å². The summed E-state index contributed by atoms with van der Waals surface area (Å²) in [5, 5.41) is 18.5. The SMILES string of the molecule is CN(C)C[C@H]1CNCC[C@@]1(C[C@H](O)c1ccsc1)c1cccc(C(N)=O)c1.Cl. The molecule has 0 radical (unpaired) electrons. The van der Waals surface area contributed by atoms with Gasteiger partial charge in [-0.25, -0.2) is 0 Å². The van der Waals surface area contributed by atoms with E-state index < -0.39 is 12.0 Å². The van der Waals surface area contributed by atoms with Crippen molar-refractivity contribution < 1.29 is 9.90 Å². The Labute approximate surface area is 177 Å². The molecule has 0 saturated carbocycles. The van der Waals surface area contributed by atoms with Crippen LogP contribution in [0.3, 0.4) is 0 Å². The molecule has 1 saturated heterocycles. The lowest BCUT2D eigenvalue weighted by atomic mass is 9.62. The van der Waals surface area contributed by atoms with Gasteiger partial charge in [0, 0.05) is 24.1 Å². The number of carbonyl (C=O) groups is 1. The van der Waals surface area contributed by atoms with Crippen LogP contribution >= 0.6 is 23.7 Å². The van der Waals surface area contributed by atoms with Crippen LogP contribution in [0.25, 0.3) is 0 Å². The number of benzene rings is 1. The maximum atomic E-state index is 11.8. The van der Waals surface area contributed by atoms with Crippen LogP contribution in [-0.4, -0.2) is 49.6 Å². The highest BCUT2D eigenvalue weighted by Crippen LogP contribution is 2.45. The standard InChI is InChI=1S/C21H29N3O2S.ClH/c1-24(2)13-18-12-23-8-7-21(18,11-19(25)16-6-9-27-14-16)17-5-3-4-15(10-17)20(22)26;/h3-6,9-10,14,18-19,23,25H,7-8,11-13H2,1-2H3,(H2,22,26);1H/t18-,19+,21-;/m1./s1. The van der Waals surface area contributed by atoms with E-state index in [0.29, 0.717) is 17.9 Å². The maximum Gasteiger partial charge on any atom is 0.248 e. The maximum absolute atomic E-state index is 11.8. The lowest BCUT2D eigenvalue weighted by molar-refractivity contribution is 0.0737. The van der Waals surface area contributed by atoms with E-state index in [4.69, 9.17) is 5.73 Å². The van der Waals surface area contributed by atoms with Crippen molar-refractivity contribution >= 4 is 29.7 Å². The monoisotopic (exact) mass is 423 g/mol. The molecule has 1 aromatic carbocycles. The van der Waals surface area contributed by atoms with Crippen LogP contribution in [0.4, 0.5) is 0 Å². The Bertz CT molecular complexity index is 769. The lowest BCUT2D eigenvalue weighted by Gasteiger charge is -2.47. The number of hydrogen-bond donors (Lipinski definition) is 3. The second-order valence-electron chi connectivity index (χ2n) is 7.79. The Hall–Kier alpha value is -1.44. The average molecular weight is 424 g/mol. The quantitative estimate of drug-likeness (QED) is 0.639. The minimum absolute atomic E-state index is 0. The molecule has 1 amide bonds. The molecule has 154 valence electrons. The number of aliphatic hydroxyl groups excluding tert-OH is 1. The molecule has 2 heterocycles. The highest BCUT2D eigenvalue weighted by molar-refractivity contribution is 7.07. The normalized spacial score (nSPS) is 23.2. The van der Waals surface area contributed by atoms with Gasteiger partial charge in [-0.3, -0.25) is 4.79 Å². The molecule has 1 aliphatic heterocycles. The summed E-state index contributed by atoms with van der Waals surface area (Å²) in [6.07, 6.45) is 1.01. The highest BCUT2D eigenvalue weighted by atomic mass is 35.5. The third kappa shape index (κ3) is 4.93. The topological polar surface area (TPSA) is 78.6 Å². The zero-order valence-corrected chi connectivity index (χ0v) is 18.1. The summed E-state index contributed by atoms with van der Waals surface area (Å²) >= 11 is 1.60. The van der Waals surface area contributed by atoms with Gasteiger partial charge in [-0.15, -0.1) is 12.4 Å². The first-order valence-electron chi connectivity index (χ1n) is 9.38. The van der Waals surface area contributed by atoms with Crippen LogP contribution in [0.15, 0.2) is 41.1 Å². The third-order valence-corrected chi connectivity index (χ3v) is 6.41. The summed E-state index contributed by atoms with van der Waals surface area (Å²) in [5.74, 6) is -0.0962. The van der Waals surface area contributed by atoms with E-state index in [-0.39, 0.29) is 17.8 Å². The number of primary amides is 1. The molecule has 1 fully saturated rings. The third-order valence-electron chi connectivity index (χ3n) is 5.71. The minimum Gasteiger partial charge on any atom is -0.388 e. The Kier molecular flexibility index (Phi) is 8.04. The molecule has 1 aliphatic rings. The van der Waals surface area contributed by atoms with Gasteiger partial charge in [-0.05, 0) is 79.5 Å². The van der Waals surface area contributed by atoms with Crippen LogP contribution < -0.4 is 11.1 Å². The summed E-state index contributed by atoms with van der Waals surface area (Å²) in [7, 11) is 4.16. The largest absolute Gasteiger partial charge is 0.388 e. The van der Waals surface area contributed by atoms with E-state index in [2.05, 4.69) is 30.4 Å². The second kappa shape index (κ2) is 9.85. The number of halogens is 1. The first kappa shape index (κ1) is 22.8. The van der Waals surface area contributed by atoms with Crippen molar-refractivity contribution in [3.8, 4) is 0 Å². The van der Waals surface area contributed by atoms with E-state index in [1.807, 2.05) is 29.0 Å². The fraction of sp³-hybridized carbons (Fsp3) is 0.476. The lowest BCUT2D eigenvalue weighted by Crippen LogP contribution is -2.52. The number of aliphatic hydroxyl groups is 1. The van der Waals surface area contributed by atoms with Crippen LogP contribution in [0.1, 0.15) is 40.4 Å². The number of thiophene rings is 1. The fourth-order valence-corrected chi connectivity index (χ4v) is 5.05. The van der Waals surface area contributed by atoms with Gasteiger partial charge in [-0.1, -0.05) is 12.1 Å². The molecule has 2 aromatic rings. The van der Waals surface area contributed by atoms with Crippen LogP contribution in [0.2, 0.25) is 0 Å². The summed E-state index contributed by atoms with van der Waals surface area (Å²) in [5.41, 5.74) is 7.91. The predicted octanol–water partition coefficient (Wildman–Crippen LogP) is 2.80. The molecule has 5 nitrogen and oxygen atoms in total. The van der Waals surface area contributed by atoms with Gasteiger partial charge in [0.05, 0.1) is 6.10 Å². The molecule has 7 heteroatoms. The molecule has 0 bridgehead atoms. The molecule has 0 unspecified atom stereocenters. The first-order valence-corrected chi connectivity index (χ1v) is 10.3. The molecule has 0 aliphatic carbocycles. The molecule has 1 aromatic heterocycles. The average Bonchev–Trinajstić information content (AvgIpc) is 3.18. The van der Waals surface area contributed by atoms with Gasteiger partial charge >= 0.3 is 0 Å². The van der Waals surface area contributed by atoms with E-state index in [1.54, 1.807) is 17.4 Å². The molecule has 3 atom stereocenters. The van der Waals surface area contributed by atoms with Crippen molar-refractivity contribution in [3.05, 3.63) is 57.8 Å². The van der Waals surface area contributed by atoms with Gasteiger partial charge in [0.15, 0.2) is 0 Å². The zero-order chi connectivity index (χ0) is 19.4. The van der Waals surface area contributed by atoms with Gasteiger partial charge < -0.3 is 21.1 Å². The number of carbonyl (C=O) groups excluding carboxylic acids is 1. The van der Waals surface area contributed by atoms with Gasteiger partial charge in [0.25, 0.3) is 0 Å². The van der Waals surface area contributed by atoms with E-state index in [1.165, 1.54) is 0 Å². The summed E-state index contributed by atoms with van der Waals surface area (Å²) in [4.78, 5) is 14.0. The molecular weight excluding hydrogens is 394 g/mol. The van der Waals surface area contributed by atoms with Crippen LogP contribution in [-0.2, 0) is 5.41 Å². The fourth-order valence-electron chi connectivity index (χ4n) is 4.34. The molecule has 3 rings (SSSR count). The van der Waals surface area contributed by atoms with Gasteiger partial charge in [0.2, 0.25) is 5.91 Å². The Morgan fingerprint density at radius 2 is 2.21 bits per heavy atom. The summed E-state index contributed by atoms with van der Waals surface area (Å²) in [6, 6.07) is 9.67. The summed E-state index contributed by atoms with van der Waals surface area (Å²) < 4.78 is 0. The zero-order valence-electron chi connectivity index (χ0n) is 16.4. The van der Waals surface area contributed by atoms with Crippen molar-refractivity contribution in [1.82, 2.24) is 10.2 Å². The molecule has 28 heavy (non-hydrogen) atoms. The number of amides is 1. The van der Waals surface area contributed by atoms with E-state index >= 15 is 0 Å². The van der Waals surface area contributed by atoms with Crippen molar-refractivity contribution in [1.29, 1.82) is 0 Å². The summed E-state index contributed by atoms with van der Waals surface area (Å²) in [6.45, 7) is 2.68. The molecular formula is C21H30ClN3O2S. The number of nitrogens with two attached hydrogens (primary N) is 1. The van der Waals surface area contributed by atoms with E-state index in [0.717, 1.165) is 37.2 Å². The number of nitrogens with one attached hydrogen (secondary N) is 1. The Balaban J connectivity index is 0.00000280. The number of hydrogen-bond acceptors (Lipinski definition) is 5. The van der Waals surface area contributed by atoms with Crippen LogP contribution in [0.5, 0.6) is 0 Å². The number of nitrogens with zero attached hydrogens (tertiary/aromatic N) is 1. The van der Waals surface area contributed by atoms with Crippen molar-refractivity contribution in [2.75, 3.05) is 33.7 Å². The van der Waals surface area contributed by atoms with Crippen molar-refractivity contribution in [3.63, 3.8) is 0 Å². The smallest absolute Gasteiger partial charge is 0.248 e. The van der Waals surface area contributed by atoms with E-state index in [9.17, 15) is 9.90 Å². The Morgan fingerprint density at radius 1 is 1.43 bits per heavy atom. The van der Waals surface area contributed by atoms with Crippen molar-refractivity contribution in [2.45, 2.75) is 24.4 Å². The highest BCUT2D eigenvalue weighted by Gasteiger charge is 2.44. The second-order valence-corrected chi connectivity index (χ2v) is 8.57.